The highest BCUT2D eigenvalue weighted by molar-refractivity contribution is 7.80. The molecule has 0 amide bonds. The molecule has 2 rings (SSSR count). The van der Waals surface area contributed by atoms with Gasteiger partial charge in [-0.3, -0.25) is 4.68 Å². The number of rotatable bonds is 4. The molecule has 0 saturated heterocycles. The van der Waals surface area contributed by atoms with Gasteiger partial charge in [0.05, 0.1) is 17.3 Å². The maximum absolute atomic E-state index is 5.77. The summed E-state index contributed by atoms with van der Waals surface area (Å²) in [5.74, 6) is 0.838. The Balaban J connectivity index is 2.31. The van der Waals surface area contributed by atoms with Crippen LogP contribution in [0.2, 0.25) is 0 Å². The highest BCUT2D eigenvalue weighted by atomic mass is 32.1. The molecule has 2 aromatic heterocycles. The lowest BCUT2D eigenvalue weighted by molar-refractivity contribution is 0.740. The minimum absolute atomic E-state index is 0.0848. The van der Waals surface area contributed by atoms with Crippen molar-refractivity contribution in [1.29, 1.82) is 0 Å². The molecule has 0 radical (unpaired) electrons. The SMILES string of the molecule is Cc1csc(C(C)Nc2c(C(N)=S)c(C)nn2C)n1. The third kappa shape index (κ3) is 2.76. The lowest BCUT2D eigenvalue weighted by atomic mass is 10.2. The van der Waals surface area contributed by atoms with Gasteiger partial charge in [0.2, 0.25) is 0 Å². The minimum Gasteiger partial charge on any atom is -0.389 e. The van der Waals surface area contributed by atoms with Gasteiger partial charge in [-0.1, -0.05) is 12.2 Å². The Kier molecular flexibility index (Phi) is 3.86. The monoisotopic (exact) mass is 295 g/mol. The molecule has 102 valence electrons. The summed E-state index contributed by atoms with van der Waals surface area (Å²) in [5, 5.41) is 10.8. The zero-order chi connectivity index (χ0) is 14.2. The summed E-state index contributed by atoms with van der Waals surface area (Å²) >= 11 is 6.73. The van der Waals surface area contributed by atoms with Gasteiger partial charge >= 0.3 is 0 Å². The molecule has 2 heterocycles. The first-order valence-corrected chi connectivity index (χ1v) is 7.21. The van der Waals surface area contributed by atoms with E-state index in [1.54, 1.807) is 16.0 Å². The minimum atomic E-state index is 0.0848. The van der Waals surface area contributed by atoms with E-state index < -0.39 is 0 Å². The van der Waals surface area contributed by atoms with Crippen molar-refractivity contribution in [3.05, 3.63) is 27.3 Å². The van der Waals surface area contributed by atoms with Gasteiger partial charge in [0.25, 0.3) is 0 Å². The van der Waals surface area contributed by atoms with Gasteiger partial charge in [0.15, 0.2) is 0 Å². The maximum Gasteiger partial charge on any atom is 0.135 e. The van der Waals surface area contributed by atoms with Crippen LogP contribution in [0.15, 0.2) is 5.38 Å². The first-order valence-electron chi connectivity index (χ1n) is 5.92. The number of hydrogen-bond acceptors (Lipinski definition) is 5. The molecule has 0 saturated carbocycles. The molecule has 0 aliphatic carbocycles. The lowest BCUT2D eigenvalue weighted by Gasteiger charge is -2.14. The van der Waals surface area contributed by atoms with Gasteiger partial charge in [0.1, 0.15) is 15.8 Å². The van der Waals surface area contributed by atoms with Crippen molar-refractivity contribution in [2.45, 2.75) is 26.8 Å². The van der Waals surface area contributed by atoms with E-state index in [4.69, 9.17) is 18.0 Å². The Bertz CT molecular complexity index is 614. The molecule has 0 fully saturated rings. The van der Waals surface area contributed by atoms with Crippen LogP contribution >= 0.6 is 23.6 Å². The average Bonchev–Trinajstić information content (AvgIpc) is 2.84. The summed E-state index contributed by atoms with van der Waals surface area (Å²) in [7, 11) is 1.87. The molecule has 2 aromatic rings. The quantitative estimate of drug-likeness (QED) is 0.847. The Morgan fingerprint density at radius 1 is 1.53 bits per heavy atom. The largest absolute Gasteiger partial charge is 0.389 e. The molecule has 1 atom stereocenters. The van der Waals surface area contributed by atoms with Crippen LogP contribution in [0.1, 0.15) is 34.9 Å². The van der Waals surface area contributed by atoms with E-state index >= 15 is 0 Å². The van der Waals surface area contributed by atoms with Crippen LogP contribution < -0.4 is 11.1 Å². The van der Waals surface area contributed by atoms with E-state index in [0.29, 0.717) is 4.99 Å². The summed E-state index contributed by atoms with van der Waals surface area (Å²) in [6, 6.07) is 0.0848. The number of nitrogens with zero attached hydrogens (tertiary/aromatic N) is 3. The predicted molar refractivity (Wildman–Crippen MR) is 82.7 cm³/mol. The van der Waals surface area contributed by atoms with Gasteiger partial charge in [-0.15, -0.1) is 11.3 Å². The molecule has 7 heteroatoms. The van der Waals surface area contributed by atoms with Crippen molar-refractivity contribution in [1.82, 2.24) is 14.8 Å². The predicted octanol–water partition coefficient (Wildman–Crippen LogP) is 2.30. The molecule has 19 heavy (non-hydrogen) atoms. The fourth-order valence-corrected chi connectivity index (χ4v) is 3.00. The van der Waals surface area contributed by atoms with Crippen molar-refractivity contribution in [3.63, 3.8) is 0 Å². The van der Waals surface area contributed by atoms with Crippen LogP contribution in [0, 0.1) is 13.8 Å². The normalized spacial score (nSPS) is 12.4. The topological polar surface area (TPSA) is 68.8 Å². The van der Waals surface area contributed by atoms with E-state index in [1.807, 2.05) is 26.3 Å². The number of thiocarbonyl (C=S) groups is 1. The third-order valence-electron chi connectivity index (χ3n) is 2.83. The fourth-order valence-electron chi connectivity index (χ4n) is 1.96. The Morgan fingerprint density at radius 3 is 2.74 bits per heavy atom. The lowest BCUT2D eigenvalue weighted by Crippen LogP contribution is -2.16. The van der Waals surface area contributed by atoms with Crippen LogP contribution in [0.3, 0.4) is 0 Å². The van der Waals surface area contributed by atoms with Crippen molar-refractivity contribution in [2.75, 3.05) is 5.32 Å². The first kappa shape index (κ1) is 14.0. The Labute approximate surface area is 121 Å². The molecule has 3 N–H and O–H groups in total. The van der Waals surface area contributed by atoms with Crippen molar-refractivity contribution < 1.29 is 0 Å². The van der Waals surface area contributed by atoms with Crippen molar-refractivity contribution in [2.24, 2.45) is 12.8 Å². The molecule has 0 aliphatic heterocycles. The van der Waals surface area contributed by atoms with Crippen molar-refractivity contribution >= 4 is 34.4 Å². The van der Waals surface area contributed by atoms with Gasteiger partial charge < -0.3 is 11.1 Å². The number of aryl methyl sites for hydroxylation is 3. The molecule has 0 spiro atoms. The van der Waals surface area contributed by atoms with Crippen LogP contribution in [-0.4, -0.2) is 19.8 Å². The number of thiazole rings is 1. The zero-order valence-electron chi connectivity index (χ0n) is 11.4. The van der Waals surface area contributed by atoms with E-state index in [-0.39, 0.29) is 6.04 Å². The molecule has 0 aromatic carbocycles. The van der Waals surface area contributed by atoms with Gasteiger partial charge in [0, 0.05) is 18.1 Å². The van der Waals surface area contributed by atoms with Gasteiger partial charge in [-0.2, -0.15) is 5.10 Å². The zero-order valence-corrected chi connectivity index (χ0v) is 13.0. The molecular formula is C12H17N5S2. The smallest absolute Gasteiger partial charge is 0.135 e. The van der Waals surface area contributed by atoms with Crippen molar-refractivity contribution in [3.8, 4) is 0 Å². The second-order valence-corrected chi connectivity index (χ2v) is 5.82. The molecule has 0 aliphatic rings. The average molecular weight is 295 g/mol. The summed E-state index contributed by atoms with van der Waals surface area (Å²) in [6.07, 6.45) is 0. The third-order valence-corrected chi connectivity index (χ3v) is 4.18. The number of anilines is 1. The first-order chi connectivity index (χ1) is 8.90. The second-order valence-electron chi connectivity index (χ2n) is 4.49. The number of nitrogens with two attached hydrogens (primary N) is 1. The van der Waals surface area contributed by atoms with Crippen LogP contribution in [0.4, 0.5) is 5.82 Å². The van der Waals surface area contributed by atoms with E-state index in [9.17, 15) is 0 Å². The number of aromatic nitrogens is 3. The molecule has 5 nitrogen and oxygen atoms in total. The Hall–Kier alpha value is -1.47. The van der Waals surface area contributed by atoms with Crippen LogP contribution in [-0.2, 0) is 7.05 Å². The number of hydrogen-bond donors (Lipinski definition) is 2. The maximum atomic E-state index is 5.77. The van der Waals surface area contributed by atoms with Crippen LogP contribution in [0.5, 0.6) is 0 Å². The van der Waals surface area contributed by atoms with E-state index in [2.05, 4.69) is 22.3 Å². The van der Waals surface area contributed by atoms with E-state index in [1.165, 1.54) is 0 Å². The number of nitrogens with one attached hydrogen (secondary N) is 1. The summed E-state index contributed by atoms with van der Waals surface area (Å²) in [6.45, 7) is 5.95. The van der Waals surface area contributed by atoms with Gasteiger partial charge in [-0.05, 0) is 20.8 Å². The molecular weight excluding hydrogens is 278 g/mol. The Morgan fingerprint density at radius 2 is 2.21 bits per heavy atom. The van der Waals surface area contributed by atoms with Crippen LogP contribution in [0.25, 0.3) is 0 Å². The summed E-state index contributed by atoms with van der Waals surface area (Å²) in [4.78, 5) is 4.84. The van der Waals surface area contributed by atoms with E-state index in [0.717, 1.165) is 27.8 Å². The summed E-state index contributed by atoms with van der Waals surface area (Å²) < 4.78 is 1.76. The fraction of sp³-hybridized carbons (Fsp3) is 0.417. The standard InChI is InChI=1S/C12H17N5S2/c1-6-5-19-12(14-6)8(3)15-11-9(10(13)18)7(2)16-17(11)4/h5,8,15H,1-4H3,(H2,13,18). The highest BCUT2D eigenvalue weighted by Crippen LogP contribution is 2.25. The second kappa shape index (κ2) is 5.26. The highest BCUT2D eigenvalue weighted by Gasteiger charge is 2.18. The molecule has 1 unspecified atom stereocenters. The summed E-state index contributed by atoms with van der Waals surface area (Å²) in [5.41, 5.74) is 8.44. The van der Waals surface area contributed by atoms with Gasteiger partial charge in [-0.25, -0.2) is 4.98 Å². The molecule has 0 bridgehead atoms.